The van der Waals surface area contributed by atoms with Crippen LogP contribution in [0.25, 0.3) is 0 Å². The van der Waals surface area contributed by atoms with Crippen molar-refractivity contribution in [3.8, 4) is 0 Å². The van der Waals surface area contributed by atoms with Gasteiger partial charge in [0.1, 0.15) is 0 Å². The van der Waals surface area contributed by atoms with E-state index in [1.165, 1.54) is 6.08 Å². The van der Waals surface area contributed by atoms with E-state index in [0.717, 1.165) is 0 Å². The molecule has 0 amide bonds. The average Bonchev–Trinajstić information content (AvgIpc) is 1.99. The zero-order valence-electron chi connectivity index (χ0n) is 7.25. The molecule has 0 rings (SSSR count). The molecule has 72 valence electrons. The fraction of sp³-hybridized carbons (Fsp3) is 0.250. The van der Waals surface area contributed by atoms with Crippen LogP contribution >= 0.6 is 38.5 Å². The largest absolute Gasteiger partial charge is 0.279 e. The van der Waals surface area contributed by atoms with Crippen molar-refractivity contribution in [3.63, 3.8) is 0 Å². The van der Waals surface area contributed by atoms with Gasteiger partial charge in [-0.1, -0.05) is 28.1 Å². The predicted octanol–water partition coefficient (Wildman–Crippen LogP) is 3.78. The van der Waals surface area contributed by atoms with Crippen molar-refractivity contribution in [1.29, 1.82) is 0 Å². The molecule has 0 aromatic heterocycles. The summed E-state index contributed by atoms with van der Waals surface area (Å²) >= 11 is 5.14. The molecule has 0 radical (unpaired) electrons. The van der Waals surface area contributed by atoms with E-state index < -0.39 is 4.92 Å². The SMILES string of the molecule is C/C=C/C(Br)=C\C(=C(/C)I)[N+](=O)[O-]. The molecule has 0 atom stereocenters. The highest BCUT2D eigenvalue weighted by Crippen LogP contribution is 2.18. The molecule has 0 aromatic rings. The highest BCUT2D eigenvalue weighted by molar-refractivity contribution is 14.1. The molecule has 0 unspecified atom stereocenters. The molecule has 0 heterocycles. The van der Waals surface area contributed by atoms with E-state index in [4.69, 9.17) is 0 Å². The number of halogens is 2. The van der Waals surface area contributed by atoms with Gasteiger partial charge in [-0.3, -0.25) is 10.1 Å². The predicted molar refractivity (Wildman–Crippen MR) is 65.5 cm³/mol. The Hall–Kier alpha value is -0.170. The first-order valence-electron chi connectivity index (χ1n) is 3.49. The van der Waals surface area contributed by atoms with Crippen LogP contribution in [0.5, 0.6) is 0 Å². The second-order valence-corrected chi connectivity index (χ2v) is 4.74. The van der Waals surface area contributed by atoms with Crippen LogP contribution in [0.2, 0.25) is 0 Å². The van der Waals surface area contributed by atoms with Crippen LogP contribution < -0.4 is 0 Å². The van der Waals surface area contributed by atoms with Crippen LogP contribution in [0, 0.1) is 10.1 Å². The van der Waals surface area contributed by atoms with Gasteiger partial charge in [0.2, 0.25) is 0 Å². The van der Waals surface area contributed by atoms with E-state index in [0.29, 0.717) is 8.06 Å². The average molecular weight is 358 g/mol. The molecule has 3 nitrogen and oxygen atoms in total. The normalized spacial score (nSPS) is 14.6. The van der Waals surface area contributed by atoms with E-state index in [9.17, 15) is 10.1 Å². The summed E-state index contributed by atoms with van der Waals surface area (Å²) in [5.74, 6) is 0. The van der Waals surface area contributed by atoms with Crippen LogP contribution in [-0.4, -0.2) is 4.92 Å². The van der Waals surface area contributed by atoms with Crippen molar-refractivity contribution in [1.82, 2.24) is 0 Å². The minimum absolute atomic E-state index is 0.116. The minimum Gasteiger partial charge on any atom is -0.258 e. The summed E-state index contributed by atoms with van der Waals surface area (Å²) in [6.07, 6.45) is 5.05. The number of allylic oxidation sites excluding steroid dienone is 5. The highest BCUT2D eigenvalue weighted by atomic mass is 127. The van der Waals surface area contributed by atoms with Crippen molar-refractivity contribution in [3.05, 3.63) is 42.1 Å². The van der Waals surface area contributed by atoms with Crippen molar-refractivity contribution in [2.24, 2.45) is 0 Å². The summed E-state index contributed by atoms with van der Waals surface area (Å²) in [5.41, 5.74) is 0.116. The Bertz CT molecular complexity index is 291. The quantitative estimate of drug-likeness (QED) is 0.334. The minimum atomic E-state index is -0.396. The molecular weight excluding hydrogens is 349 g/mol. The summed E-state index contributed by atoms with van der Waals surface area (Å²) < 4.78 is 1.35. The second kappa shape index (κ2) is 6.31. The molecule has 13 heavy (non-hydrogen) atoms. The number of nitro groups is 1. The first-order chi connectivity index (χ1) is 5.99. The molecule has 0 spiro atoms. The molecule has 0 aliphatic rings. The second-order valence-electron chi connectivity index (χ2n) is 2.21. The number of hydrogen-bond acceptors (Lipinski definition) is 2. The Morgan fingerprint density at radius 2 is 2.15 bits per heavy atom. The smallest absolute Gasteiger partial charge is 0.258 e. The summed E-state index contributed by atoms with van der Waals surface area (Å²) in [6.45, 7) is 3.55. The Labute approximate surface area is 99.0 Å². The van der Waals surface area contributed by atoms with Crippen LogP contribution in [-0.2, 0) is 0 Å². The molecule has 0 saturated carbocycles. The van der Waals surface area contributed by atoms with E-state index >= 15 is 0 Å². The van der Waals surface area contributed by atoms with E-state index in [2.05, 4.69) is 15.9 Å². The van der Waals surface area contributed by atoms with Gasteiger partial charge >= 0.3 is 0 Å². The van der Waals surface area contributed by atoms with Gasteiger partial charge in [0.15, 0.2) is 0 Å². The molecule has 0 aromatic carbocycles. The van der Waals surface area contributed by atoms with Crippen molar-refractivity contribution >= 4 is 38.5 Å². The van der Waals surface area contributed by atoms with Gasteiger partial charge in [-0.25, -0.2) is 0 Å². The van der Waals surface area contributed by atoms with Gasteiger partial charge in [-0.15, -0.1) is 0 Å². The number of nitrogens with zero attached hydrogens (tertiary/aromatic N) is 1. The zero-order chi connectivity index (χ0) is 10.4. The molecule has 0 bridgehead atoms. The lowest BCUT2D eigenvalue weighted by atomic mass is 10.3. The van der Waals surface area contributed by atoms with Gasteiger partial charge < -0.3 is 0 Å². The molecule has 0 saturated heterocycles. The maximum absolute atomic E-state index is 10.5. The van der Waals surface area contributed by atoms with Crippen LogP contribution in [0.15, 0.2) is 32.0 Å². The van der Waals surface area contributed by atoms with Crippen LogP contribution in [0.1, 0.15) is 13.8 Å². The van der Waals surface area contributed by atoms with E-state index in [-0.39, 0.29) is 5.70 Å². The van der Waals surface area contributed by atoms with Crippen molar-refractivity contribution < 1.29 is 4.92 Å². The lowest BCUT2D eigenvalue weighted by Gasteiger charge is -1.93. The third-order valence-electron chi connectivity index (χ3n) is 1.15. The van der Waals surface area contributed by atoms with Crippen LogP contribution in [0.4, 0.5) is 0 Å². The summed E-state index contributed by atoms with van der Waals surface area (Å²) in [4.78, 5) is 10.1. The maximum Gasteiger partial charge on any atom is 0.279 e. The van der Waals surface area contributed by atoms with Gasteiger partial charge in [0, 0.05) is 10.6 Å². The van der Waals surface area contributed by atoms with Crippen molar-refractivity contribution in [2.75, 3.05) is 0 Å². The third kappa shape index (κ3) is 5.20. The van der Waals surface area contributed by atoms with Gasteiger partial charge in [-0.05, 0) is 36.4 Å². The lowest BCUT2D eigenvalue weighted by molar-refractivity contribution is -0.419. The van der Waals surface area contributed by atoms with Crippen molar-refractivity contribution in [2.45, 2.75) is 13.8 Å². The molecule has 0 aliphatic heterocycles. The highest BCUT2D eigenvalue weighted by Gasteiger charge is 2.10. The Morgan fingerprint density at radius 3 is 2.46 bits per heavy atom. The molecular formula is C8H9BrINO2. The topological polar surface area (TPSA) is 43.1 Å². The standard InChI is InChI=1S/C8H9BrINO2/c1-3-4-7(9)5-8(6(2)10)11(12)13/h3-5H,1-2H3/b4-3+,7-5+,8-6-. The Balaban J connectivity index is 4.94. The van der Waals surface area contributed by atoms with E-state index in [1.807, 2.05) is 29.5 Å². The summed E-state index contributed by atoms with van der Waals surface area (Å²) in [5, 5.41) is 10.5. The van der Waals surface area contributed by atoms with Gasteiger partial charge in [0.05, 0.1) is 8.50 Å². The van der Waals surface area contributed by atoms with Gasteiger partial charge in [-0.2, -0.15) is 0 Å². The Kier molecular flexibility index (Phi) is 6.23. The molecule has 0 N–H and O–H groups in total. The lowest BCUT2D eigenvalue weighted by Crippen LogP contribution is -1.96. The first kappa shape index (κ1) is 12.8. The third-order valence-corrected chi connectivity index (χ3v) is 2.20. The monoisotopic (exact) mass is 357 g/mol. The molecule has 0 aliphatic carbocycles. The fourth-order valence-electron chi connectivity index (χ4n) is 0.616. The summed E-state index contributed by atoms with van der Waals surface area (Å²) in [6, 6.07) is 0. The van der Waals surface area contributed by atoms with E-state index in [1.54, 1.807) is 19.1 Å². The first-order valence-corrected chi connectivity index (χ1v) is 5.37. The molecule has 0 fully saturated rings. The molecule has 5 heteroatoms. The number of rotatable bonds is 3. The maximum atomic E-state index is 10.5. The fourth-order valence-corrected chi connectivity index (χ4v) is 1.45. The Morgan fingerprint density at radius 1 is 1.62 bits per heavy atom. The van der Waals surface area contributed by atoms with Gasteiger partial charge in [0.25, 0.3) is 5.70 Å². The summed E-state index contributed by atoms with van der Waals surface area (Å²) in [7, 11) is 0. The number of hydrogen-bond donors (Lipinski definition) is 0. The zero-order valence-corrected chi connectivity index (χ0v) is 11.0. The van der Waals surface area contributed by atoms with Crippen LogP contribution in [0.3, 0.4) is 0 Å².